The lowest BCUT2D eigenvalue weighted by molar-refractivity contribution is -0.140. The van der Waals surface area contributed by atoms with Gasteiger partial charge in [-0.2, -0.15) is 0 Å². The Hall–Kier alpha value is -1.44. The van der Waals surface area contributed by atoms with E-state index >= 15 is 0 Å². The summed E-state index contributed by atoms with van der Waals surface area (Å²) in [5, 5.41) is 8.93. The van der Waals surface area contributed by atoms with Gasteiger partial charge in [0.05, 0.1) is 24.5 Å². The monoisotopic (exact) mass is 313 g/mol. The summed E-state index contributed by atoms with van der Waals surface area (Å²) in [5.74, 6) is -0.845. The van der Waals surface area contributed by atoms with Gasteiger partial charge in [0.1, 0.15) is 0 Å². The van der Waals surface area contributed by atoms with Gasteiger partial charge in [-0.25, -0.2) is 8.42 Å². The van der Waals surface area contributed by atoms with Gasteiger partial charge in [0.15, 0.2) is 9.84 Å². The number of carbonyl (C=O) groups is 1. The van der Waals surface area contributed by atoms with Crippen molar-refractivity contribution < 1.29 is 23.1 Å². The van der Waals surface area contributed by atoms with E-state index in [2.05, 4.69) is 4.90 Å². The predicted molar refractivity (Wildman–Crippen MR) is 76.8 cm³/mol. The largest absolute Gasteiger partial charge is 0.481 e. The van der Waals surface area contributed by atoms with Crippen LogP contribution in [0.2, 0.25) is 0 Å². The normalized spacial score (nSPS) is 20.3. The van der Waals surface area contributed by atoms with Crippen LogP contribution in [0, 0.1) is 0 Å². The molecule has 0 bridgehead atoms. The second kappa shape index (κ2) is 6.55. The molecule has 1 saturated heterocycles. The van der Waals surface area contributed by atoms with Crippen molar-refractivity contribution in [1.29, 1.82) is 0 Å². The molecule has 0 aromatic heterocycles. The first-order valence-corrected chi connectivity index (χ1v) is 8.58. The lowest BCUT2D eigenvalue weighted by Gasteiger charge is -2.34. The first-order chi connectivity index (χ1) is 9.86. The van der Waals surface area contributed by atoms with Crippen molar-refractivity contribution in [1.82, 2.24) is 4.90 Å². The molecule has 116 valence electrons. The number of sulfone groups is 1. The third-order valence-electron chi connectivity index (χ3n) is 3.50. The molecule has 1 heterocycles. The standard InChI is InChI=1S/C14H19NO5S/c1-21(18,19)13-4-2-11(3-5-13)9-15-6-7-20-10-12(15)8-14(16)17/h2-5,12H,6-10H2,1H3,(H,16,17)/t12-/m0/s1. The van der Waals surface area contributed by atoms with E-state index in [1.165, 1.54) is 6.26 Å². The second-order valence-electron chi connectivity index (χ2n) is 5.21. The Kier molecular flexibility index (Phi) is 4.97. The van der Waals surface area contributed by atoms with E-state index in [0.717, 1.165) is 5.56 Å². The molecule has 0 radical (unpaired) electrons. The molecule has 0 amide bonds. The summed E-state index contributed by atoms with van der Waals surface area (Å²) in [4.78, 5) is 13.2. The van der Waals surface area contributed by atoms with Crippen molar-refractivity contribution >= 4 is 15.8 Å². The third-order valence-corrected chi connectivity index (χ3v) is 4.63. The molecule has 1 aromatic rings. The van der Waals surface area contributed by atoms with Crippen LogP contribution in [-0.2, 0) is 25.9 Å². The van der Waals surface area contributed by atoms with E-state index < -0.39 is 15.8 Å². The van der Waals surface area contributed by atoms with Gasteiger partial charge in [0.25, 0.3) is 0 Å². The van der Waals surface area contributed by atoms with Crippen molar-refractivity contribution in [2.75, 3.05) is 26.0 Å². The minimum Gasteiger partial charge on any atom is -0.481 e. The van der Waals surface area contributed by atoms with Crippen LogP contribution >= 0.6 is 0 Å². The zero-order valence-electron chi connectivity index (χ0n) is 11.9. The Morgan fingerprint density at radius 1 is 1.38 bits per heavy atom. The molecule has 1 aliphatic heterocycles. The summed E-state index contributed by atoms with van der Waals surface area (Å²) in [6, 6.07) is 6.55. The summed E-state index contributed by atoms with van der Waals surface area (Å²) in [6.45, 7) is 2.25. The van der Waals surface area contributed by atoms with Crippen LogP contribution in [0.1, 0.15) is 12.0 Å². The average Bonchev–Trinajstić information content (AvgIpc) is 2.40. The van der Waals surface area contributed by atoms with Crippen molar-refractivity contribution in [2.24, 2.45) is 0 Å². The highest BCUT2D eigenvalue weighted by Crippen LogP contribution is 2.17. The highest BCUT2D eigenvalue weighted by molar-refractivity contribution is 7.90. The van der Waals surface area contributed by atoms with E-state index in [-0.39, 0.29) is 17.4 Å². The highest BCUT2D eigenvalue weighted by Gasteiger charge is 2.25. The Morgan fingerprint density at radius 2 is 2.05 bits per heavy atom. The van der Waals surface area contributed by atoms with Gasteiger partial charge in [0.2, 0.25) is 0 Å². The molecule has 1 fully saturated rings. The SMILES string of the molecule is CS(=O)(=O)c1ccc(CN2CCOC[C@@H]2CC(=O)O)cc1. The fraction of sp³-hybridized carbons (Fsp3) is 0.500. The number of morpholine rings is 1. The number of hydrogen-bond acceptors (Lipinski definition) is 5. The Morgan fingerprint density at radius 3 is 2.62 bits per heavy atom. The number of aliphatic carboxylic acids is 1. The maximum Gasteiger partial charge on any atom is 0.305 e. The summed E-state index contributed by atoms with van der Waals surface area (Å²) in [5.41, 5.74) is 0.958. The van der Waals surface area contributed by atoms with E-state index in [1.54, 1.807) is 24.3 Å². The van der Waals surface area contributed by atoms with Crippen LogP contribution in [0.3, 0.4) is 0 Å². The number of hydrogen-bond donors (Lipinski definition) is 1. The smallest absolute Gasteiger partial charge is 0.305 e. The summed E-state index contributed by atoms with van der Waals surface area (Å²) in [6.07, 6.45) is 1.22. The van der Waals surface area contributed by atoms with Gasteiger partial charge in [-0.1, -0.05) is 12.1 Å². The molecular weight excluding hydrogens is 294 g/mol. The van der Waals surface area contributed by atoms with E-state index in [1.807, 2.05) is 0 Å². The molecule has 0 saturated carbocycles. The van der Waals surface area contributed by atoms with Crippen LogP contribution in [0.25, 0.3) is 0 Å². The molecule has 0 unspecified atom stereocenters. The van der Waals surface area contributed by atoms with E-state index in [9.17, 15) is 13.2 Å². The number of carboxylic acid groups (broad SMARTS) is 1. The lowest BCUT2D eigenvalue weighted by atomic mass is 10.1. The van der Waals surface area contributed by atoms with E-state index in [4.69, 9.17) is 9.84 Å². The van der Waals surface area contributed by atoms with Gasteiger partial charge in [-0.15, -0.1) is 0 Å². The zero-order chi connectivity index (χ0) is 15.5. The van der Waals surface area contributed by atoms with Crippen LogP contribution in [0.4, 0.5) is 0 Å². The average molecular weight is 313 g/mol. The number of nitrogens with zero attached hydrogens (tertiary/aromatic N) is 1. The van der Waals surface area contributed by atoms with Gasteiger partial charge in [-0.05, 0) is 17.7 Å². The van der Waals surface area contributed by atoms with Gasteiger partial charge >= 0.3 is 5.97 Å². The molecule has 1 atom stereocenters. The van der Waals surface area contributed by atoms with Crippen LogP contribution < -0.4 is 0 Å². The molecule has 1 aliphatic rings. The Balaban J connectivity index is 2.07. The maximum atomic E-state index is 11.4. The van der Waals surface area contributed by atoms with Crippen LogP contribution in [0.5, 0.6) is 0 Å². The molecule has 21 heavy (non-hydrogen) atoms. The number of carboxylic acids is 1. The predicted octanol–water partition coefficient (Wildman–Crippen LogP) is 0.766. The molecule has 0 aliphatic carbocycles. The fourth-order valence-corrected chi connectivity index (χ4v) is 2.99. The Bertz CT molecular complexity index is 596. The van der Waals surface area contributed by atoms with Crippen LogP contribution in [-0.4, -0.2) is 56.4 Å². The van der Waals surface area contributed by atoms with E-state index in [0.29, 0.717) is 26.3 Å². The molecule has 1 aromatic carbocycles. The lowest BCUT2D eigenvalue weighted by Crippen LogP contribution is -2.45. The van der Waals surface area contributed by atoms with Crippen molar-refractivity contribution in [3.63, 3.8) is 0 Å². The van der Waals surface area contributed by atoms with Crippen molar-refractivity contribution in [2.45, 2.75) is 23.9 Å². The van der Waals surface area contributed by atoms with Gasteiger partial charge in [0, 0.05) is 25.4 Å². The maximum absolute atomic E-state index is 11.4. The molecule has 7 heteroatoms. The first-order valence-electron chi connectivity index (χ1n) is 6.69. The summed E-state index contributed by atoms with van der Waals surface area (Å²) >= 11 is 0. The first kappa shape index (κ1) is 15.9. The summed E-state index contributed by atoms with van der Waals surface area (Å²) < 4.78 is 28.2. The quantitative estimate of drug-likeness (QED) is 0.864. The molecule has 0 spiro atoms. The molecule has 2 rings (SSSR count). The number of rotatable bonds is 5. The van der Waals surface area contributed by atoms with Gasteiger partial charge < -0.3 is 9.84 Å². The zero-order valence-corrected chi connectivity index (χ0v) is 12.7. The second-order valence-corrected chi connectivity index (χ2v) is 7.23. The van der Waals surface area contributed by atoms with Crippen molar-refractivity contribution in [3.8, 4) is 0 Å². The topological polar surface area (TPSA) is 83.9 Å². The van der Waals surface area contributed by atoms with Crippen molar-refractivity contribution in [3.05, 3.63) is 29.8 Å². The minimum atomic E-state index is -3.19. The van der Waals surface area contributed by atoms with Gasteiger partial charge in [-0.3, -0.25) is 9.69 Å². The highest BCUT2D eigenvalue weighted by atomic mass is 32.2. The third kappa shape index (κ3) is 4.52. The fourth-order valence-electron chi connectivity index (χ4n) is 2.36. The molecular formula is C14H19NO5S. The number of benzene rings is 1. The van der Waals surface area contributed by atoms with Crippen LogP contribution in [0.15, 0.2) is 29.2 Å². The minimum absolute atomic E-state index is 0.0431. The molecule has 1 N–H and O–H groups in total. The summed E-state index contributed by atoms with van der Waals surface area (Å²) in [7, 11) is -3.19. The molecule has 6 nitrogen and oxygen atoms in total. The number of ether oxygens (including phenoxy) is 1. The Labute approximate surface area is 124 Å².